The van der Waals surface area contributed by atoms with Crippen LogP contribution in [0.5, 0.6) is 0 Å². The van der Waals surface area contributed by atoms with Gasteiger partial charge in [0, 0.05) is 37.7 Å². The minimum Gasteiger partial charge on any atom is -0.380 e. The van der Waals surface area contributed by atoms with Gasteiger partial charge >= 0.3 is 0 Å². The average molecular weight is 350 g/mol. The summed E-state index contributed by atoms with van der Waals surface area (Å²) in [5.74, 6) is 0.937. The van der Waals surface area contributed by atoms with Crippen LogP contribution in [0.4, 0.5) is 0 Å². The van der Waals surface area contributed by atoms with E-state index in [1.807, 2.05) is 10.3 Å². The molecule has 2 saturated heterocycles. The largest absolute Gasteiger partial charge is 0.380 e. The third-order valence-electron chi connectivity index (χ3n) is 6.00. The second-order valence-corrected chi connectivity index (χ2v) is 8.64. The van der Waals surface area contributed by atoms with Crippen molar-refractivity contribution >= 4 is 17.2 Å². The van der Waals surface area contributed by atoms with Gasteiger partial charge < -0.3 is 14.5 Å². The molecule has 0 radical (unpaired) electrons. The lowest BCUT2D eigenvalue weighted by Crippen LogP contribution is -2.44. The van der Waals surface area contributed by atoms with Gasteiger partial charge in [-0.15, -0.1) is 11.3 Å². The van der Waals surface area contributed by atoms with Gasteiger partial charge in [0.1, 0.15) is 5.69 Å². The number of likely N-dealkylation sites (tertiary alicyclic amines) is 2. The molecule has 24 heavy (non-hydrogen) atoms. The maximum absolute atomic E-state index is 12.4. The highest BCUT2D eigenvalue weighted by molar-refractivity contribution is 7.07. The second-order valence-electron chi connectivity index (χ2n) is 7.92. The molecule has 2 aliphatic heterocycles. The molecule has 4 rings (SSSR count). The predicted molar refractivity (Wildman–Crippen MR) is 94.3 cm³/mol. The van der Waals surface area contributed by atoms with Crippen molar-refractivity contribution in [2.45, 2.75) is 38.1 Å². The van der Waals surface area contributed by atoms with Crippen molar-refractivity contribution in [2.24, 2.45) is 11.3 Å². The summed E-state index contributed by atoms with van der Waals surface area (Å²) in [6.07, 6.45) is 6.13. The third-order valence-corrected chi connectivity index (χ3v) is 6.59. The monoisotopic (exact) mass is 349 g/mol. The number of thiazole rings is 1. The van der Waals surface area contributed by atoms with Crippen LogP contribution in [0.1, 0.15) is 42.6 Å². The van der Waals surface area contributed by atoms with Crippen LogP contribution in [0, 0.1) is 11.3 Å². The van der Waals surface area contributed by atoms with Crippen LogP contribution in [0.2, 0.25) is 0 Å². The number of piperidine rings is 1. The van der Waals surface area contributed by atoms with E-state index in [0.717, 1.165) is 51.6 Å². The molecule has 0 bridgehead atoms. The number of carbonyl (C=O) groups excluding carboxylic acids is 1. The molecule has 1 atom stereocenters. The van der Waals surface area contributed by atoms with E-state index in [-0.39, 0.29) is 5.91 Å². The number of hydrogen-bond donors (Lipinski definition) is 0. The molecule has 1 aromatic heterocycles. The van der Waals surface area contributed by atoms with Gasteiger partial charge in [-0.05, 0) is 50.5 Å². The Morgan fingerprint density at radius 1 is 1.38 bits per heavy atom. The summed E-state index contributed by atoms with van der Waals surface area (Å²) in [6, 6.07) is 0.546. The van der Waals surface area contributed by atoms with Crippen LogP contribution in [0.25, 0.3) is 0 Å². The Balaban J connectivity index is 1.29. The fraction of sp³-hybridized carbons (Fsp3) is 0.778. The summed E-state index contributed by atoms with van der Waals surface area (Å²) in [5.41, 5.74) is 2.71. The van der Waals surface area contributed by atoms with E-state index in [4.69, 9.17) is 4.74 Å². The van der Waals surface area contributed by atoms with E-state index in [2.05, 4.69) is 16.9 Å². The van der Waals surface area contributed by atoms with E-state index in [1.54, 1.807) is 5.51 Å². The molecule has 5 nitrogen and oxygen atoms in total. The molecule has 0 aromatic carbocycles. The number of rotatable bonds is 5. The molecule has 0 N–H and O–H groups in total. The van der Waals surface area contributed by atoms with Gasteiger partial charge in [0.05, 0.1) is 12.1 Å². The molecule has 0 unspecified atom stereocenters. The van der Waals surface area contributed by atoms with Crippen molar-refractivity contribution in [3.63, 3.8) is 0 Å². The Morgan fingerprint density at radius 2 is 2.17 bits per heavy atom. The van der Waals surface area contributed by atoms with E-state index in [9.17, 15) is 4.79 Å². The summed E-state index contributed by atoms with van der Waals surface area (Å²) in [4.78, 5) is 21.1. The maximum atomic E-state index is 12.4. The lowest BCUT2D eigenvalue weighted by molar-refractivity contribution is 0.0583. The third kappa shape index (κ3) is 3.51. The zero-order valence-electron chi connectivity index (χ0n) is 14.4. The Kier molecular flexibility index (Phi) is 4.62. The van der Waals surface area contributed by atoms with Crippen LogP contribution < -0.4 is 0 Å². The molecule has 3 heterocycles. The fourth-order valence-electron chi connectivity index (χ4n) is 4.25. The van der Waals surface area contributed by atoms with Crippen LogP contribution in [-0.2, 0) is 4.74 Å². The minimum atomic E-state index is 0.0989. The number of hydrogen-bond acceptors (Lipinski definition) is 5. The Labute approximate surface area is 148 Å². The number of likely N-dealkylation sites (N-methyl/N-ethyl adjacent to an activating group) is 1. The Hall–Kier alpha value is -0.980. The molecule has 1 saturated carbocycles. The van der Waals surface area contributed by atoms with Crippen molar-refractivity contribution < 1.29 is 9.53 Å². The topological polar surface area (TPSA) is 45.7 Å². The summed E-state index contributed by atoms with van der Waals surface area (Å²) in [5, 5.41) is 1.85. The van der Waals surface area contributed by atoms with E-state index < -0.39 is 0 Å². The van der Waals surface area contributed by atoms with Crippen molar-refractivity contribution in [3.8, 4) is 0 Å². The summed E-state index contributed by atoms with van der Waals surface area (Å²) in [7, 11) is 2.23. The lowest BCUT2D eigenvalue weighted by Gasteiger charge is -2.39. The quantitative estimate of drug-likeness (QED) is 0.819. The van der Waals surface area contributed by atoms with Crippen molar-refractivity contribution in [3.05, 3.63) is 16.6 Å². The maximum Gasteiger partial charge on any atom is 0.273 e. The molecule has 3 fully saturated rings. The van der Waals surface area contributed by atoms with Gasteiger partial charge in [-0.25, -0.2) is 4.98 Å². The number of nitrogens with zero attached hydrogens (tertiary/aromatic N) is 3. The minimum absolute atomic E-state index is 0.0989. The summed E-state index contributed by atoms with van der Waals surface area (Å²) >= 11 is 1.49. The van der Waals surface area contributed by atoms with Crippen LogP contribution in [0.15, 0.2) is 10.9 Å². The first-order chi connectivity index (χ1) is 11.7. The van der Waals surface area contributed by atoms with Crippen LogP contribution >= 0.6 is 11.3 Å². The molecular formula is C18H27N3O2S. The van der Waals surface area contributed by atoms with Gasteiger partial charge in [-0.3, -0.25) is 4.79 Å². The van der Waals surface area contributed by atoms with Gasteiger partial charge in [0.15, 0.2) is 0 Å². The SMILES string of the molecule is CN1CC2(CCN(C(=O)c3cscn3)CC2)C[C@H]1COCC1CC1. The van der Waals surface area contributed by atoms with Gasteiger partial charge in [0.2, 0.25) is 0 Å². The smallest absolute Gasteiger partial charge is 0.273 e. The molecular weight excluding hydrogens is 322 g/mol. The molecule has 1 spiro atoms. The lowest BCUT2D eigenvalue weighted by atomic mass is 9.76. The Bertz CT molecular complexity index is 565. The highest BCUT2D eigenvalue weighted by Gasteiger charge is 2.45. The number of ether oxygens (including phenoxy) is 1. The average Bonchev–Trinajstić information content (AvgIpc) is 3.14. The Morgan fingerprint density at radius 3 is 2.83 bits per heavy atom. The number of carbonyl (C=O) groups is 1. The first-order valence-corrected chi connectivity index (χ1v) is 10.0. The van der Waals surface area contributed by atoms with Crippen molar-refractivity contribution in [1.82, 2.24) is 14.8 Å². The first kappa shape index (κ1) is 16.5. The zero-order valence-corrected chi connectivity index (χ0v) is 15.3. The molecule has 132 valence electrons. The van der Waals surface area contributed by atoms with Crippen molar-refractivity contribution in [1.29, 1.82) is 0 Å². The van der Waals surface area contributed by atoms with Gasteiger partial charge in [-0.1, -0.05) is 0 Å². The van der Waals surface area contributed by atoms with Gasteiger partial charge in [0.25, 0.3) is 5.91 Å². The first-order valence-electron chi connectivity index (χ1n) is 9.11. The molecule has 1 aromatic rings. The normalized spacial score (nSPS) is 27.0. The fourth-order valence-corrected chi connectivity index (χ4v) is 4.77. The number of amides is 1. The van der Waals surface area contributed by atoms with Crippen LogP contribution in [0.3, 0.4) is 0 Å². The van der Waals surface area contributed by atoms with E-state index in [0.29, 0.717) is 17.2 Å². The molecule has 6 heteroatoms. The number of aromatic nitrogens is 1. The molecule has 1 amide bonds. The van der Waals surface area contributed by atoms with Crippen LogP contribution in [-0.4, -0.2) is 66.6 Å². The summed E-state index contributed by atoms with van der Waals surface area (Å²) < 4.78 is 5.94. The van der Waals surface area contributed by atoms with E-state index >= 15 is 0 Å². The summed E-state index contributed by atoms with van der Waals surface area (Å²) in [6.45, 7) is 4.69. The van der Waals surface area contributed by atoms with E-state index in [1.165, 1.54) is 30.6 Å². The zero-order chi connectivity index (χ0) is 16.6. The second kappa shape index (κ2) is 6.73. The predicted octanol–water partition coefficient (Wildman–Crippen LogP) is 2.50. The molecule has 3 aliphatic rings. The van der Waals surface area contributed by atoms with Gasteiger partial charge in [-0.2, -0.15) is 0 Å². The van der Waals surface area contributed by atoms with Crippen molar-refractivity contribution in [2.75, 3.05) is 39.9 Å². The highest BCUT2D eigenvalue weighted by atomic mass is 32.1. The molecule has 1 aliphatic carbocycles. The highest BCUT2D eigenvalue weighted by Crippen LogP contribution is 2.43. The standard InChI is InChI=1S/C18H27N3O2S/c1-20-12-18(8-15(20)10-23-9-14-2-3-14)4-6-21(7-5-18)17(22)16-11-24-13-19-16/h11,13-15H,2-10,12H2,1H3/t15-/m0/s1.